The van der Waals surface area contributed by atoms with E-state index in [2.05, 4.69) is 44.8 Å². The van der Waals surface area contributed by atoms with Crippen LogP contribution in [0.3, 0.4) is 0 Å². The molecule has 3 heteroatoms. The van der Waals surface area contributed by atoms with Gasteiger partial charge < -0.3 is 10.1 Å². The van der Waals surface area contributed by atoms with Crippen molar-refractivity contribution in [2.24, 2.45) is 5.92 Å². The molecule has 0 aliphatic carbocycles. The predicted octanol–water partition coefficient (Wildman–Crippen LogP) is 4.36. The summed E-state index contributed by atoms with van der Waals surface area (Å²) in [5.74, 6) is 0.787. The van der Waals surface area contributed by atoms with Crippen molar-refractivity contribution in [1.29, 1.82) is 0 Å². The second-order valence-corrected chi connectivity index (χ2v) is 5.86. The van der Waals surface area contributed by atoms with Crippen molar-refractivity contribution in [2.75, 3.05) is 20.1 Å². The molecule has 1 atom stereocenters. The van der Waals surface area contributed by atoms with Gasteiger partial charge in [0.2, 0.25) is 0 Å². The smallest absolute Gasteiger partial charge is 0.116 e. The molecule has 0 aromatic heterocycles. The first-order valence-corrected chi connectivity index (χ1v) is 8.70. The highest BCUT2D eigenvalue weighted by atomic mass is 16.1. The van der Waals surface area contributed by atoms with Crippen LogP contribution in [0.1, 0.15) is 74.7 Å². The predicted molar refractivity (Wildman–Crippen MR) is 97.0 cm³/mol. The van der Waals surface area contributed by atoms with Gasteiger partial charge in [-0.3, -0.25) is 4.90 Å². The van der Waals surface area contributed by atoms with Gasteiger partial charge in [-0.05, 0) is 66.6 Å². The summed E-state index contributed by atoms with van der Waals surface area (Å²) in [6.07, 6.45) is 4.99. The molecule has 130 valence electrons. The number of hydrogen-bond donors (Lipinski definition) is 1. The monoisotopic (exact) mass is 302 g/mol. The van der Waals surface area contributed by atoms with Crippen molar-refractivity contribution in [1.82, 2.24) is 10.2 Å². The van der Waals surface area contributed by atoms with E-state index < -0.39 is 0 Å². The van der Waals surface area contributed by atoms with Gasteiger partial charge in [-0.2, -0.15) is 0 Å². The SMILES string of the molecule is CC.CC(C)N1CCCCC1C.CC=O.CNCC(C)C. The molecular weight excluding hydrogens is 260 g/mol. The molecule has 0 radical (unpaired) electrons. The van der Waals surface area contributed by atoms with Gasteiger partial charge in [0.15, 0.2) is 0 Å². The van der Waals surface area contributed by atoms with E-state index in [1.54, 1.807) is 0 Å². The zero-order valence-electron chi connectivity index (χ0n) is 16.2. The minimum atomic E-state index is 0.746. The number of hydrogen-bond acceptors (Lipinski definition) is 3. The molecule has 1 aliphatic heterocycles. The molecule has 1 unspecified atom stereocenters. The van der Waals surface area contributed by atoms with Crippen LogP contribution in [0, 0.1) is 5.92 Å². The summed E-state index contributed by atoms with van der Waals surface area (Å²) < 4.78 is 0. The second kappa shape index (κ2) is 19.6. The first-order valence-electron chi connectivity index (χ1n) is 8.70. The van der Waals surface area contributed by atoms with Crippen molar-refractivity contribution >= 4 is 6.29 Å². The van der Waals surface area contributed by atoms with E-state index in [4.69, 9.17) is 4.79 Å². The summed E-state index contributed by atoms with van der Waals surface area (Å²) in [4.78, 5) is 11.4. The van der Waals surface area contributed by atoms with Gasteiger partial charge >= 0.3 is 0 Å². The lowest BCUT2D eigenvalue weighted by Gasteiger charge is -2.36. The highest BCUT2D eigenvalue weighted by Crippen LogP contribution is 2.18. The standard InChI is InChI=1S/C9H19N.C5H13N.C2H4O.C2H6/c1-8(2)10-7-5-4-6-9(10)3;1-5(2)4-6-3;1-2-3;1-2/h8-9H,4-7H2,1-3H3;5-6H,4H2,1-3H3;2H,1H3;1-2H3. The van der Waals surface area contributed by atoms with E-state index in [1.807, 2.05) is 20.9 Å². The lowest BCUT2D eigenvalue weighted by atomic mass is 10.0. The second-order valence-electron chi connectivity index (χ2n) is 5.86. The Morgan fingerprint density at radius 2 is 1.67 bits per heavy atom. The van der Waals surface area contributed by atoms with E-state index in [9.17, 15) is 0 Å². The number of carbonyl (C=O) groups is 1. The summed E-state index contributed by atoms with van der Waals surface area (Å²) in [6, 6.07) is 1.57. The van der Waals surface area contributed by atoms with Crippen LogP contribution >= 0.6 is 0 Å². The molecule has 0 spiro atoms. The van der Waals surface area contributed by atoms with Gasteiger partial charge in [-0.25, -0.2) is 0 Å². The maximum absolute atomic E-state index is 8.81. The fourth-order valence-corrected chi connectivity index (χ4v) is 2.30. The van der Waals surface area contributed by atoms with Gasteiger partial charge in [0.25, 0.3) is 0 Å². The third-order valence-corrected chi connectivity index (χ3v) is 3.13. The Kier molecular flexibility index (Phi) is 23.8. The minimum absolute atomic E-state index is 0.746. The largest absolute Gasteiger partial charge is 0.319 e. The average Bonchev–Trinajstić information content (AvgIpc) is 2.42. The van der Waals surface area contributed by atoms with Gasteiger partial charge in [0, 0.05) is 12.1 Å². The number of nitrogens with zero attached hydrogens (tertiary/aromatic N) is 1. The van der Waals surface area contributed by atoms with Crippen molar-refractivity contribution in [3.8, 4) is 0 Å². The number of aldehydes is 1. The maximum Gasteiger partial charge on any atom is 0.116 e. The first-order chi connectivity index (χ1) is 9.90. The lowest BCUT2D eigenvalue weighted by molar-refractivity contribution is -0.106. The maximum atomic E-state index is 8.81. The first kappa shape index (κ1) is 25.5. The molecule has 0 amide bonds. The fraction of sp³-hybridized carbons (Fsp3) is 0.944. The molecule has 1 aliphatic rings. The number of nitrogens with one attached hydrogen (secondary N) is 1. The van der Waals surface area contributed by atoms with Gasteiger partial charge in [0.05, 0.1) is 0 Å². The van der Waals surface area contributed by atoms with Crippen LogP contribution < -0.4 is 5.32 Å². The van der Waals surface area contributed by atoms with Crippen LogP contribution in [0.15, 0.2) is 0 Å². The molecule has 3 nitrogen and oxygen atoms in total. The molecule has 1 saturated heterocycles. The van der Waals surface area contributed by atoms with Gasteiger partial charge in [-0.15, -0.1) is 0 Å². The van der Waals surface area contributed by atoms with Crippen LogP contribution in [-0.2, 0) is 4.79 Å². The van der Waals surface area contributed by atoms with Crippen LogP contribution in [0.25, 0.3) is 0 Å². The van der Waals surface area contributed by atoms with E-state index in [0.717, 1.165) is 30.8 Å². The Morgan fingerprint density at radius 3 is 1.86 bits per heavy atom. The van der Waals surface area contributed by atoms with E-state index >= 15 is 0 Å². The molecular formula is C18H42N2O. The van der Waals surface area contributed by atoms with Crippen LogP contribution in [-0.4, -0.2) is 43.4 Å². The lowest BCUT2D eigenvalue weighted by Crippen LogP contribution is -2.41. The van der Waals surface area contributed by atoms with Crippen LogP contribution in [0.5, 0.6) is 0 Å². The highest BCUT2D eigenvalue weighted by molar-refractivity contribution is 5.44. The quantitative estimate of drug-likeness (QED) is 0.786. The molecule has 0 saturated carbocycles. The molecule has 1 fully saturated rings. The van der Waals surface area contributed by atoms with E-state index in [-0.39, 0.29) is 0 Å². The summed E-state index contributed by atoms with van der Waals surface area (Å²) >= 11 is 0. The Bertz CT molecular complexity index is 194. The average molecular weight is 303 g/mol. The van der Waals surface area contributed by atoms with Gasteiger partial charge in [-0.1, -0.05) is 34.1 Å². The van der Waals surface area contributed by atoms with Crippen molar-refractivity contribution in [3.05, 3.63) is 0 Å². The van der Waals surface area contributed by atoms with Crippen molar-refractivity contribution in [2.45, 2.75) is 86.7 Å². The Labute approximate surface area is 134 Å². The fourth-order valence-electron chi connectivity index (χ4n) is 2.30. The molecule has 0 aromatic rings. The van der Waals surface area contributed by atoms with Crippen LogP contribution in [0.4, 0.5) is 0 Å². The van der Waals surface area contributed by atoms with Crippen molar-refractivity contribution in [3.63, 3.8) is 0 Å². The molecule has 1 N–H and O–H groups in total. The van der Waals surface area contributed by atoms with Crippen molar-refractivity contribution < 1.29 is 4.79 Å². The summed E-state index contributed by atoms with van der Waals surface area (Å²) in [6.45, 7) is 19.2. The van der Waals surface area contributed by atoms with E-state index in [1.165, 1.54) is 32.7 Å². The third-order valence-electron chi connectivity index (χ3n) is 3.13. The Hall–Kier alpha value is -0.410. The zero-order valence-corrected chi connectivity index (χ0v) is 16.2. The number of likely N-dealkylation sites (tertiary alicyclic amines) is 1. The molecule has 0 bridgehead atoms. The Morgan fingerprint density at radius 1 is 1.19 bits per heavy atom. The summed E-state index contributed by atoms with van der Waals surface area (Å²) in [7, 11) is 1.97. The summed E-state index contributed by atoms with van der Waals surface area (Å²) in [5.41, 5.74) is 0. The van der Waals surface area contributed by atoms with E-state index in [0.29, 0.717) is 0 Å². The Balaban J connectivity index is -0.000000253. The summed E-state index contributed by atoms with van der Waals surface area (Å²) in [5, 5.41) is 3.07. The number of rotatable bonds is 3. The minimum Gasteiger partial charge on any atom is -0.319 e. The normalized spacial score (nSPS) is 17.8. The molecule has 1 rings (SSSR count). The molecule has 21 heavy (non-hydrogen) atoms. The topological polar surface area (TPSA) is 32.3 Å². The molecule has 0 aromatic carbocycles. The van der Waals surface area contributed by atoms with Crippen LogP contribution in [0.2, 0.25) is 0 Å². The highest BCUT2D eigenvalue weighted by Gasteiger charge is 2.19. The molecule has 1 heterocycles. The zero-order chi connectivity index (χ0) is 17.3. The van der Waals surface area contributed by atoms with Gasteiger partial charge in [0.1, 0.15) is 6.29 Å². The number of carbonyl (C=O) groups excluding carboxylic acids is 1. The number of piperidine rings is 1. The third kappa shape index (κ3) is 19.6.